The summed E-state index contributed by atoms with van der Waals surface area (Å²) in [5, 5.41) is 14.6. The number of nitrogens with one attached hydrogen (secondary N) is 2. The van der Waals surface area contributed by atoms with Gasteiger partial charge in [0.15, 0.2) is 0 Å². The minimum atomic E-state index is -1.04. The third kappa shape index (κ3) is 4.93. The fraction of sp³-hybridized carbons (Fsp3) is 0.222. The zero-order valence-electron chi connectivity index (χ0n) is 18.8. The summed E-state index contributed by atoms with van der Waals surface area (Å²) < 4.78 is 5.49. The maximum Gasteiger partial charge on any atom is 0.407 e. The van der Waals surface area contributed by atoms with Crippen molar-refractivity contribution in [3.63, 3.8) is 0 Å². The van der Waals surface area contributed by atoms with E-state index in [1.165, 1.54) is 17.2 Å². The van der Waals surface area contributed by atoms with Crippen molar-refractivity contribution in [3.05, 3.63) is 89.0 Å². The molecule has 1 aliphatic carbocycles. The first kappa shape index (κ1) is 23.0. The Bertz CT molecular complexity index is 1190. The molecule has 0 aliphatic heterocycles. The molecule has 34 heavy (non-hydrogen) atoms. The number of alkyl carbamates (subject to hydrolysis) is 1. The van der Waals surface area contributed by atoms with E-state index in [1.54, 1.807) is 19.1 Å². The number of anilines is 1. The van der Waals surface area contributed by atoms with Crippen LogP contribution in [0.15, 0.2) is 66.7 Å². The number of hydrogen-bond acceptors (Lipinski definition) is 4. The van der Waals surface area contributed by atoms with Gasteiger partial charge in [-0.2, -0.15) is 0 Å². The topological polar surface area (TPSA) is 105 Å². The Morgan fingerprint density at radius 2 is 1.56 bits per heavy atom. The van der Waals surface area contributed by atoms with Crippen molar-refractivity contribution in [3.8, 4) is 11.1 Å². The van der Waals surface area contributed by atoms with Gasteiger partial charge in [0.1, 0.15) is 6.61 Å². The van der Waals surface area contributed by atoms with Crippen LogP contribution in [-0.2, 0) is 9.53 Å². The zero-order valence-corrected chi connectivity index (χ0v) is 18.8. The average molecular weight is 459 g/mol. The number of amides is 2. The molecule has 0 radical (unpaired) electrons. The van der Waals surface area contributed by atoms with Crippen LogP contribution in [0.1, 0.15) is 45.8 Å². The SMILES string of the molecule is Cc1c(NC(=O)CCCNC(=O)OCC2c3ccccc3-c3ccccc32)cccc1C(=O)O. The van der Waals surface area contributed by atoms with Crippen molar-refractivity contribution in [2.75, 3.05) is 18.5 Å². The van der Waals surface area contributed by atoms with Crippen LogP contribution in [-0.4, -0.2) is 36.2 Å². The van der Waals surface area contributed by atoms with Gasteiger partial charge < -0.3 is 20.5 Å². The number of carboxylic acid groups (broad SMARTS) is 1. The van der Waals surface area contributed by atoms with E-state index in [4.69, 9.17) is 4.74 Å². The molecule has 0 heterocycles. The molecular formula is C27H26N2O5. The number of ether oxygens (including phenoxy) is 1. The van der Waals surface area contributed by atoms with Gasteiger partial charge in [0.2, 0.25) is 5.91 Å². The molecule has 3 aromatic rings. The first-order valence-corrected chi connectivity index (χ1v) is 11.2. The molecule has 0 saturated heterocycles. The predicted molar refractivity (Wildman–Crippen MR) is 129 cm³/mol. The van der Waals surface area contributed by atoms with Gasteiger partial charge in [-0.1, -0.05) is 54.6 Å². The highest BCUT2D eigenvalue weighted by Gasteiger charge is 2.28. The van der Waals surface area contributed by atoms with Gasteiger partial charge in [-0.25, -0.2) is 9.59 Å². The number of carboxylic acids is 1. The summed E-state index contributed by atoms with van der Waals surface area (Å²) in [7, 11) is 0. The lowest BCUT2D eigenvalue weighted by molar-refractivity contribution is -0.116. The third-order valence-electron chi connectivity index (χ3n) is 6.03. The number of fused-ring (bicyclic) bond motifs is 3. The second-order valence-electron chi connectivity index (χ2n) is 8.19. The Labute approximate surface area is 197 Å². The van der Waals surface area contributed by atoms with E-state index < -0.39 is 12.1 Å². The number of carbonyl (C=O) groups excluding carboxylic acids is 2. The summed E-state index contributed by atoms with van der Waals surface area (Å²) in [6.07, 6.45) is 0.0842. The molecule has 1 aliphatic rings. The number of carbonyl (C=O) groups is 3. The molecule has 0 spiro atoms. The lowest BCUT2D eigenvalue weighted by Crippen LogP contribution is -2.27. The predicted octanol–water partition coefficient (Wildman–Crippen LogP) is 4.95. The van der Waals surface area contributed by atoms with Crippen molar-refractivity contribution >= 4 is 23.7 Å². The van der Waals surface area contributed by atoms with E-state index in [2.05, 4.69) is 34.9 Å². The number of aromatic carboxylic acids is 1. The molecule has 7 nitrogen and oxygen atoms in total. The Hall–Kier alpha value is -4.13. The van der Waals surface area contributed by atoms with E-state index in [0.717, 1.165) is 11.1 Å². The first-order chi connectivity index (χ1) is 16.5. The average Bonchev–Trinajstić information content (AvgIpc) is 3.15. The fourth-order valence-corrected chi connectivity index (χ4v) is 4.30. The monoisotopic (exact) mass is 458 g/mol. The summed E-state index contributed by atoms with van der Waals surface area (Å²) >= 11 is 0. The van der Waals surface area contributed by atoms with Gasteiger partial charge in [0.05, 0.1) is 5.56 Å². The van der Waals surface area contributed by atoms with Crippen LogP contribution in [0.3, 0.4) is 0 Å². The van der Waals surface area contributed by atoms with E-state index >= 15 is 0 Å². The molecule has 0 bridgehead atoms. The normalized spacial score (nSPS) is 11.9. The Balaban J connectivity index is 1.23. The number of benzene rings is 3. The third-order valence-corrected chi connectivity index (χ3v) is 6.03. The molecular weight excluding hydrogens is 432 g/mol. The van der Waals surface area contributed by atoms with Crippen LogP contribution < -0.4 is 10.6 Å². The van der Waals surface area contributed by atoms with E-state index in [1.807, 2.05) is 24.3 Å². The lowest BCUT2D eigenvalue weighted by Gasteiger charge is -2.14. The lowest BCUT2D eigenvalue weighted by atomic mass is 9.98. The van der Waals surface area contributed by atoms with Gasteiger partial charge in [-0.3, -0.25) is 4.79 Å². The molecule has 0 saturated carbocycles. The van der Waals surface area contributed by atoms with Crippen LogP contribution in [0, 0.1) is 6.92 Å². The molecule has 2 amide bonds. The van der Waals surface area contributed by atoms with E-state index in [9.17, 15) is 19.5 Å². The highest BCUT2D eigenvalue weighted by Crippen LogP contribution is 2.44. The molecule has 174 valence electrons. The number of hydrogen-bond donors (Lipinski definition) is 3. The molecule has 7 heteroatoms. The maximum absolute atomic E-state index is 12.2. The Morgan fingerprint density at radius 3 is 2.21 bits per heavy atom. The maximum atomic E-state index is 12.2. The summed E-state index contributed by atoms with van der Waals surface area (Å²) in [6.45, 7) is 2.18. The molecule has 3 aromatic carbocycles. The summed E-state index contributed by atoms with van der Waals surface area (Å²) in [6, 6.07) is 21.0. The van der Waals surface area contributed by atoms with Gasteiger partial charge in [-0.15, -0.1) is 0 Å². The largest absolute Gasteiger partial charge is 0.478 e. The standard InChI is InChI=1S/C27H26N2O5/c1-17-18(26(31)32)12-6-13-24(17)29-25(30)14-7-15-28-27(33)34-16-23-21-10-4-2-8-19(21)20-9-3-5-11-22(20)23/h2-6,8-13,23H,7,14-16H2,1H3,(H,28,33)(H,29,30)(H,31,32). The van der Waals surface area contributed by atoms with Gasteiger partial charge in [0, 0.05) is 24.6 Å². The van der Waals surface area contributed by atoms with E-state index in [-0.39, 0.29) is 37.0 Å². The van der Waals surface area contributed by atoms with Crippen molar-refractivity contribution in [1.29, 1.82) is 0 Å². The van der Waals surface area contributed by atoms with Crippen LogP contribution in [0.2, 0.25) is 0 Å². The fourth-order valence-electron chi connectivity index (χ4n) is 4.30. The van der Waals surface area contributed by atoms with Gasteiger partial charge in [-0.05, 0) is 53.3 Å². The molecule has 0 fully saturated rings. The summed E-state index contributed by atoms with van der Waals surface area (Å²) in [5.41, 5.74) is 5.75. The molecule has 0 atom stereocenters. The second-order valence-corrected chi connectivity index (χ2v) is 8.19. The summed E-state index contributed by atoms with van der Waals surface area (Å²) in [4.78, 5) is 35.7. The smallest absolute Gasteiger partial charge is 0.407 e. The quantitative estimate of drug-likeness (QED) is 0.414. The van der Waals surface area contributed by atoms with Crippen molar-refractivity contribution in [2.45, 2.75) is 25.7 Å². The second kappa shape index (κ2) is 10.2. The minimum Gasteiger partial charge on any atom is -0.478 e. The molecule has 0 aromatic heterocycles. The molecule has 0 unspecified atom stereocenters. The van der Waals surface area contributed by atoms with Crippen LogP contribution in [0.5, 0.6) is 0 Å². The summed E-state index contributed by atoms with van der Waals surface area (Å²) in [5.74, 6) is -1.30. The Kier molecular flexibility index (Phi) is 6.92. The number of rotatable bonds is 8. The Morgan fingerprint density at radius 1 is 0.912 bits per heavy atom. The van der Waals surface area contributed by atoms with Crippen molar-refractivity contribution in [2.24, 2.45) is 0 Å². The van der Waals surface area contributed by atoms with Crippen LogP contribution in [0.4, 0.5) is 10.5 Å². The minimum absolute atomic E-state index is 0.00580. The highest BCUT2D eigenvalue weighted by atomic mass is 16.5. The van der Waals surface area contributed by atoms with Gasteiger partial charge >= 0.3 is 12.1 Å². The highest BCUT2D eigenvalue weighted by molar-refractivity contribution is 5.96. The van der Waals surface area contributed by atoms with Crippen molar-refractivity contribution < 1.29 is 24.2 Å². The first-order valence-electron chi connectivity index (χ1n) is 11.2. The van der Waals surface area contributed by atoms with Crippen LogP contribution in [0.25, 0.3) is 11.1 Å². The van der Waals surface area contributed by atoms with E-state index in [0.29, 0.717) is 17.7 Å². The van der Waals surface area contributed by atoms with Gasteiger partial charge in [0.25, 0.3) is 0 Å². The molecule has 4 rings (SSSR count). The molecule has 3 N–H and O–H groups in total. The zero-order chi connectivity index (χ0) is 24.1. The van der Waals surface area contributed by atoms with Crippen LogP contribution >= 0.6 is 0 Å². The van der Waals surface area contributed by atoms with Crippen molar-refractivity contribution in [1.82, 2.24) is 5.32 Å².